The maximum atomic E-state index is 12.7. The topological polar surface area (TPSA) is 29.5 Å². The number of nitrogens with zero attached hydrogens (tertiary/aromatic N) is 1. The van der Waals surface area contributed by atoms with Crippen LogP contribution in [-0.2, 0) is 16.0 Å². The minimum Gasteiger partial charge on any atom is -0.383 e. The monoisotopic (exact) mass is 301 g/mol. The Kier molecular flexibility index (Phi) is 5.67. The maximum absolute atomic E-state index is 12.7. The van der Waals surface area contributed by atoms with E-state index in [9.17, 15) is 4.79 Å². The average Bonchev–Trinajstić information content (AvgIpc) is 2.91. The van der Waals surface area contributed by atoms with Gasteiger partial charge in [0.25, 0.3) is 0 Å². The summed E-state index contributed by atoms with van der Waals surface area (Å²) in [6, 6.07) is 2.11. The smallest absolute Gasteiger partial charge is 0.230 e. The molecule has 0 fully saturated rings. The highest BCUT2D eigenvalue weighted by Gasteiger charge is 2.30. The summed E-state index contributed by atoms with van der Waals surface area (Å²) in [5.74, 6) is 0.700. The highest BCUT2D eigenvalue weighted by atomic mass is 35.5. The number of carbonyl (C=O) groups is 1. The summed E-state index contributed by atoms with van der Waals surface area (Å²) in [5, 5.41) is 2.09. The molecule has 1 heterocycles. The zero-order chi connectivity index (χ0) is 13.7. The molecule has 1 atom stereocenters. The predicted molar refractivity (Wildman–Crippen MR) is 79.2 cm³/mol. The number of hydrogen-bond donors (Lipinski definition) is 0. The van der Waals surface area contributed by atoms with E-state index in [1.165, 1.54) is 10.4 Å². The molecule has 19 heavy (non-hydrogen) atoms. The van der Waals surface area contributed by atoms with Crippen LogP contribution in [0, 0.1) is 0 Å². The summed E-state index contributed by atoms with van der Waals surface area (Å²) in [6.07, 6.45) is 3.17. The standard InChI is InChI=1S/C14H20ClNO2S/c1-18-9-8-16(7-6-15)14(17)12-3-2-4-13-11(12)5-10-19-13/h5,10,12H,2-4,6-9H2,1H3. The molecule has 1 unspecified atom stereocenters. The van der Waals surface area contributed by atoms with Gasteiger partial charge < -0.3 is 9.64 Å². The van der Waals surface area contributed by atoms with Crippen molar-refractivity contribution in [2.75, 3.05) is 32.7 Å². The minimum absolute atomic E-state index is 0.0232. The Morgan fingerprint density at radius 2 is 2.42 bits per heavy atom. The molecule has 0 saturated carbocycles. The van der Waals surface area contributed by atoms with Crippen molar-refractivity contribution in [2.24, 2.45) is 0 Å². The zero-order valence-electron chi connectivity index (χ0n) is 11.2. The number of aryl methyl sites for hydroxylation is 1. The first kappa shape index (κ1) is 14.8. The molecule has 2 rings (SSSR count). The van der Waals surface area contributed by atoms with Crippen molar-refractivity contribution in [1.82, 2.24) is 4.90 Å². The van der Waals surface area contributed by atoms with Crippen LogP contribution in [0.5, 0.6) is 0 Å². The number of amides is 1. The van der Waals surface area contributed by atoms with Gasteiger partial charge in [-0.25, -0.2) is 0 Å². The van der Waals surface area contributed by atoms with E-state index in [-0.39, 0.29) is 11.8 Å². The summed E-state index contributed by atoms with van der Waals surface area (Å²) in [4.78, 5) is 15.9. The summed E-state index contributed by atoms with van der Waals surface area (Å²) in [5.41, 5.74) is 1.23. The number of methoxy groups -OCH3 is 1. The van der Waals surface area contributed by atoms with E-state index in [1.54, 1.807) is 18.4 Å². The van der Waals surface area contributed by atoms with Crippen LogP contribution in [0.2, 0.25) is 0 Å². The summed E-state index contributed by atoms with van der Waals surface area (Å²) < 4.78 is 5.08. The second-order valence-corrected chi connectivity index (χ2v) is 6.13. The molecule has 1 aliphatic carbocycles. The summed E-state index contributed by atoms with van der Waals surface area (Å²) >= 11 is 7.57. The molecule has 0 N–H and O–H groups in total. The van der Waals surface area contributed by atoms with E-state index in [4.69, 9.17) is 16.3 Å². The van der Waals surface area contributed by atoms with E-state index >= 15 is 0 Å². The van der Waals surface area contributed by atoms with Gasteiger partial charge in [0.2, 0.25) is 5.91 Å². The lowest BCUT2D eigenvalue weighted by Gasteiger charge is -2.29. The van der Waals surface area contributed by atoms with Crippen molar-refractivity contribution in [2.45, 2.75) is 25.2 Å². The van der Waals surface area contributed by atoms with Crippen LogP contribution >= 0.6 is 22.9 Å². The number of alkyl halides is 1. The first-order chi connectivity index (χ1) is 9.27. The van der Waals surface area contributed by atoms with Crippen LogP contribution in [0.3, 0.4) is 0 Å². The molecule has 0 bridgehead atoms. The number of hydrogen-bond acceptors (Lipinski definition) is 3. The van der Waals surface area contributed by atoms with Gasteiger partial charge in [-0.3, -0.25) is 4.79 Å². The highest BCUT2D eigenvalue weighted by Crippen LogP contribution is 2.36. The molecular weight excluding hydrogens is 282 g/mol. The Morgan fingerprint density at radius 3 is 3.16 bits per heavy atom. The van der Waals surface area contributed by atoms with Gasteiger partial charge >= 0.3 is 0 Å². The van der Waals surface area contributed by atoms with Gasteiger partial charge in [0, 0.05) is 31.0 Å². The van der Waals surface area contributed by atoms with Crippen LogP contribution in [-0.4, -0.2) is 43.5 Å². The van der Waals surface area contributed by atoms with Crippen molar-refractivity contribution in [1.29, 1.82) is 0 Å². The van der Waals surface area contributed by atoms with Gasteiger partial charge in [-0.05, 0) is 36.3 Å². The molecule has 0 saturated heterocycles. The third kappa shape index (κ3) is 3.50. The fraction of sp³-hybridized carbons (Fsp3) is 0.643. The molecule has 3 nitrogen and oxygen atoms in total. The minimum atomic E-state index is 0.0232. The van der Waals surface area contributed by atoms with Gasteiger partial charge in [0.15, 0.2) is 0 Å². The largest absolute Gasteiger partial charge is 0.383 e. The molecule has 0 spiro atoms. The first-order valence-electron chi connectivity index (χ1n) is 6.68. The average molecular weight is 302 g/mol. The molecule has 106 valence electrons. The molecule has 1 aliphatic rings. The van der Waals surface area contributed by atoms with Crippen molar-refractivity contribution >= 4 is 28.8 Å². The molecule has 0 radical (unpaired) electrons. The first-order valence-corrected chi connectivity index (χ1v) is 8.09. The van der Waals surface area contributed by atoms with Crippen LogP contribution in [0.1, 0.15) is 29.2 Å². The second-order valence-electron chi connectivity index (χ2n) is 4.75. The number of thiophene rings is 1. The Hall–Kier alpha value is -0.580. The highest BCUT2D eigenvalue weighted by molar-refractivity contribution is 7.10. The van der Waals surface area contributed by atoms with Crippen LogP contribution in [0.15, 0.2) is 11.4 Å². The van der Waals surface area contributed by atoms with Crippen LogP contribution < -0.4 is 0 Å². The van der Waals surface area contributed by atoms with E-state index in [2.05, 4.69) is 11.4 Å². The lowest BCUT2D eigenvalue weighted by atomic mass is 9.86. The van der Waals surface area contributed by atoms with Gasteiger partial charge in [0.1, 0.15) is 0 Å². The molecular formula is C14H20ClNO2S. The van der Waals surface area contributed by atoms with Crippen LogP contribution in [0.25, 0.3) is 0 Å². The SMILES string of the molecule is COCCN(CCCl)C(=O)C1CCCc2sccc21. The summed E-state index contributed by atoms with van der Waals surface area (Å²) in [6.45, 7) is 1.78. The normalized spacial score (nSPS) is 18.1. The molecule has 1 aromatic heterocycles. The fourth-order valence-electron chi connectivity index (χ4n) is 2.60. The number of fused-ring (bicyclic) bond motifs is 1. The van der Waals surface area contributed by atoms with Crippen LogP contribution in [0.4, 0.5) is 0 Å². The van der Waals surface area contributed by atoms with Gasteiger partial charge in [-0.2, -0.15) is 0 Å². The number of ether oxygens (including phenoxy) is 1. The molecule has 5 heteroatoms. The van der Waals surface area contributed by atoms with Crippen molar-refractivity contribution in [3.8, 4) is 0 Å². The molecule has 1 amide bonds. The lowest BCUT2D eigenvalue weighted by molar-refractivity contribution is -0.133. The predicted octanol–water partition coefficient (Wildman–Crippen LogP) is 2.88. The maximum Gasteiger partial charge on any atom is 0.230 e. The number of carbonyl (C=O) groups excluding carboxylic acids is 1. The zero-order valence-corrected chi connectivity index (χ0v) is 12.8. The van der Waals surface area contributed by atoms with E-state index in [0.29, 0.717) is 25.6 Å². The quantitative estimate of drug-likeness (QED) is 0.756. The lowest BCUT2D eigenvalue weighted by Crippen LogP contribution is -2.39. The Balaban J connectivity index is 2.09. The Morgan fingerprint density at radius 1 is 1.58 bits per heavy atom. The molecule has 1 aromatic rings. The van der Waals surface area contributed by atoms with E-state index in [1.807, 2.05) is 4.90 Å². The Labute approximate surface area is 123 Å². The second kappa shape index (κ2) is 7.27. The Bertz CT molecular complexity index is 421. The van der Waals surface area contributed by atoms with Crippen molar-refractivity contribution < 1.29 is 9.53 Å². The van der Waals surface area contributed by atoms with Gasteiger partial charge in [0.05, 0.1) is 12.5 Å². The molecule has 0 aliphatic heterocycles. The third-order valence-corrected chi connectivity index (χ3v) is 4.75. The van der Waals surface area contributed by atoms with Gasteiger partial charge in [-0.15, -0.1) is 22.9 Å². The number of rotatable bonds is 6. The third-order valence-electron chi connectivity index (χ3n) is 3.58. The molecule has 0 aromatic carbocycles. The van der Waals surface area contributed by atoms with Gasteiger partial charge in [-0.1, -0.05) is 0 Å². The van der Waals surface area contributed by atoms with Crippen molar-refractivity contribution in [3.63, 3.8) is 0 Å². The fourth-order valence-corrected chi connectivity index (χ4v) is 3.79. The number of halogens is 1. The summed E-state index contributed by atoms with van der Waals surface area (Å²) in [7, 11) is 1.65. The van der Waals surface area contributed by atoms with E-state index in [0.717, 1.165) is 19.3 Å². The van der Waals surface area contributed by atoms with E-state index < -0.39 is 0 Å². The van der Waals surface area contributed by atoms with Crippen molar-refractivity contribution in [3.05, 3.63) is 21.9 Å².